The molecular weight excluding hydrogens is 414 g/mol. The maximum atomic E-state index is 12.7. The average Bonchev–Trinajstić information content (AvgIpc) is 3.67. The Labute approximate surface area is 191 Å². The number of hydrogen-bond acceptors (Lipinski definition) is 7. The molecule has 1 unspecified atom stereocenters. The first-order chi connectivity index (χ1) is 15.1. The molecule has 1 aliphatic carbocycles. The summed E-state index contributed by atoms with van der Waals surface area (Å²) in [4.78, 5) is 24.9. The highest BCUT2D eigenvalue weighted by molar-refractivity contribution is 5.81. The zero-order valence-corrected chi connectivity index (χ0v) is 20.4. The normalized spacial score (nSPS) is 37.2. The van der Waals surface area contributed by atoms with Crippen molar-refractivity contribution in [1.29, 1.82) is 0 Å². The van der Waals surface area contributed by atoms with Crippen molar-refractivity contribution in [2.75, 3.05) is 20.8 Å². The molecule has 2 aliphatic heterocycles. The van der Waals surface area contributed by atoms with Crippen LogP contribution in [-0.4, -0.2) is 68.4 Å². The molecule has 1 saturated carbocycles. The molecule has 0 bridgehead atoms. The number of methoxy groups -OCH3 is 2. The summed E-state index contributed by atoms with van der Waals surface area (Å²) in [6.45, 7) is 10.8. The smallest absolute Gasteiger partial charge is 0.408 e. The van der Waals surface area contributed by atoms with E-state index in [1.807, 2.05) is 13.8 Å². The molecule has 0 aromatic heterocycles. The zero-order valence-electron chi connectivity index (χ0n) is 20.4. The Hall–Kier alpha value is -1.64. The molecule has 1 amide bonds. The van der Waals surface area contributed by atoms with Crippen molar-refractivity contribution in [3.63, 3.8) is 0 Å². The number of hydrogen-bond donors (Lipinski definition) is 1. The number of nitrogens with one attached hydrogen (secondary N) is 1. The third-order valence-corrected chi connectivity index (χ3v) is 7.44. The lowest BCUT2D eigenvalue weighted by molar-refractivity contribution is -0.144. The van der Waals surface area contributed by atoms with E-state index < -0.39 is 29.8 Å². The summed E-state index contributed by atoms with van der Waals surface area (Å²) in [7, 11) is 2.95. The number of carbonyl (C=O) groups excluding carboxylic acids is 2. The Bertz CT molecular complexity index is 730. The Morgan fingerprint density at radius 2 is 1.97 bits per heavy atom. The number of amides is 1. The van der Waals surface area contributed by atoms with Crippen molar-refractivity contribution in [3.8, 4) is 0 Å². The predicted octanol–water partition coefficient (Wildman–Crippen LogP) is 3.38. The van der Waals surface area contributed by atoms with Gasteiger partial charge in [-0.15, -0.1) is 0 Å². The topological polar surface area (TPSA) is 98.9 Å². The van der Waals surface area contributed by atoms with E-state index in [-0.39, 0.29) is 29.6 Å². The molecule has 182 valence electrons. The molecule has 3 aliphatic rings. The molecule has 2 saturated heterocycles. The van der Waals surface area contributed by atoms with Crippen molar-refractivity contribution >= 4 is 12.1 Å². The van der Waals surface area contributed by atoms with Gasteiger partial charge in [0.15, 0.2) is 0 Å². The Kier molecular flexibility index (Phi) is 7.57. The molecule has 1 N–H and O–H groups in total. The van der Waals surface area contributed by atoms with Gasteiger partial charge in [-0.3, -0.25) is 0 Å². The first-order valence-corrected chi connectivity index (χ1v) is 11.6. The minimum absolute atomic E-state index is 0.0481. The highest BCUT2D eigenvalue weighted by Gasteiger charge is 2.72. The van der Waals surface area contributed by atoms with Crippen molar-refractivity contribution in [2.24, 2.45) is 11.8 Å². The summed E-state index contributed by atoms with van der Waals surface area (Å²) < 4.78 is 28.7. The zero-order chi connectivity index (χ0) is 23.7. The SMILES string of the molecule is CCC(C)[C@H](NC(=O)O[C@@H]1CC[C@]2(CO2)[C@@H]([C@@]2(C)O[C@@H]2CC=C(C)C)[C@@H]1OC)C(=O)OC. The van der Waals surface area contributed by atoms with Crippen LogP contribution in [0.2, 0.25) is 0 Å². The van der Waals surface area contributed by atoms with Gasteiger partial charge in [0.1, 0.15) is 29.5 Å². The molecule has 0 aromatic rings. The highest BCUT2D eigenvalue weighted by Crippen LogP contribution is 2.59. The molecule has 2 heterocycles. The number of epoxide rings is 2. The molecule has 3 fully saturated rings. The van der Waals surface area contributed by atoms with Crippen LogP contribution in [-0.2, 0) is 28.5 Å². The van der Waals surface area contributed by atoms with Crippen LogP contribution in [0.3, 0.4) is 0 Å². The van der Waals surface area contributed by atoms with Gasteiger partial charge in [-0.2, -0.15) is 0 Å². The van der Waals surface area contributed by atoms with Crippen molar-refractivity contribution in [3.05, 3.63) is 11.6 Å². The lowest BCUT2D eigenvalue weighted by Gasteiger charge is -2.42. The molecule has 32 heavy (non-hydrogen) atoms. The van der Waals surface area contributed by atoms with Crippen LogP contribution in [0.25, 0.3) is 0 Å². The van der Waals surface area contributed by atoms with Crippen LogP contribution < -0.4 is 5.32 Å². The fraction of sp³-hybridized carbons (Fsp3) is 0.833. The van der Waals surface area contributed by atoms with Crippen LogP contribution in [0.1, 0.15) is 60.3 Å². The Morgan fingerprint density at radius 1 is 1.28 bits per heavy atom. The number of esters is 1. The van der Waals surface area contributed by atoms with Gasteiger partial charge < -0.3 is 29.0 Å². The standard InChI is InChI=1S/C24H39NO7/c1-8-15(4)18(21(26)29-7)25-22(27)31-16-11-12-24(13-30-24)20(19(16)28-6)23(5)17(32-23)10-9-14(2)3/h9,15-20H,8,10-13H2,1-7H3,(H,25,27)/t15?,16-,17-,18+,19-,20-,23+,24+/m1/s1. The Morgan fingerprint density at radius 3 is 2.50 bits per heavy atom. The second-order valence-corrected chi connectivity index (χ2v) is 9.85. The number of rotatable bonds is 9. The largest absolute Gasteiger partial charge is 0.467 e. The summed E-state index contributed by atoms with van der Waals surface area (Å²) >= 11 is 0. The van der Waals surface area contributed by atoms with E-state index >= 15 is 0 Å². The maximum absolute atomic E-state index is 12.7. The summed E-state index contributed by atoms with van der Waals surface area (Å²) in [6, 6.07) is -0.756. The second-order valence-electron chi connectivity index (χ2n) is 9.85. The lowest BCUT2D eigenvalue weighted by Crippen LogP contribution is -2.56. The van der Waals surface area contributed by atoms with Gasteiger partial charge in [-0.1, -0.05) is 31.9 Å². The first-order valence-electron chi connectivity index (χ1n) is 11.6. The molecule has 0 radical (unpaired) electrons. The lowest BCUT2D eigenvalue weighted by atomic mass is 9.68. The van der Waals surface area contributed by atoms with E-state index in [1.54, 1.807) is 7.11 Å². The molecule has 8 nitrogen and oxygen atoms in total. The molecular formula is C24H39NO7. The maximum Gasteiger partial charge on any atom is 0.408 e. The van der Waals surface area contributed by atoms with Gasteiger partial charge >= 0.3 is 12.1 Å². The van der Waals surface area contributed by atoms with Crippen molar-refractivity contribution in [1.82, 2.24) is 5.32 Å². The van der Waals surface area contributed by atoms with Gasteiger partial charge in [0.05, 0.1) is 25.7 Å². The quantitative estimate of drug-likeness (QED) is 0.325. The van der Waals surface area contributed by atoms with Gasteiger partial charge in [0.2, 0.25) is 0 Å². The van der Waals surface area contributed by atoms with E-state index in [2.05, 4.69) is 32.2 Å². The molecule has 8 heteroatoms. The van der Waals surface area contributed by atoms with Gasteiger partial charge in [0, 0.05) is 7.11 Å². The van der Waals surface area contributed by atoms with Crippen LogP contribution in [0, 0.1) is 11.8 Å². The number of carbonyl (C=O) groups is 2. The minimum atomic E-state index is -0.756. The van der Waals surface area contributed by atoms with Gasteiger partial charge in [0.25, 0.3) is 0 Å². The van der Waals surface area contributed by atoms with Crippen LogP contribution in [0.15, 0.2) is 11.6 Å². The van der Waals surface area contributed by atoms with Crippen LogP contribution in [0.4, 0.5) is 4.79 Å². The highest BCUT2D eigenvalue weighted by atomic mass is 16.6. The number of alkyl carbamates (subject to hydrolysis) is 1. The summed E-state index contributed by atoms with van der Waals surface area (Å²) in [5.41, 5.74) is 0.579. The van der Waals surface area contributed by atoms with E-state index in [9.17, 15) is 9.59 Å². The van der Waals surface area contributed by atoms with Gasteiger partial charge in [-0.25, -0.2) is 9.59 Å². The molecule has 0 aromatic carbocycles. The summed E-state index contributed by atoms with van der Waals surface area (Å²) in [5.74, 6) is -0.606. The first kappa shape index (κ1) is 25.0. The van der Waals surface area contributed by atoms with E-state index in [0.29, 0.717) is 13.0 Å². The molecule has 3 rings (SSSR count). The summed E-state index contributed by atoms with van der Waals surface area (Å²) in [5, 5.41) is 2.70. The fourth-order valence-electron chi connectivity index (χ4n) is 5.16. The third kappa shape index (κ3) is 4.97. The van der Waals surface area contributed by atoms with E-state index in [4.69, 9.17) is 23.7 Å². The number of ether oxygens (including phenoxy) is 5. The van der Waals surface area contributed by atoms with Gasteiger partial charge in [-0.05, 0) is 46.0 Å². The molecule has 1 spiro atoms. The summed E-state index contributed by atoms with van der Waals surface area (Å²) in [6.07, 6.45) is 3.77. The third-order valence-electron chi connectivity index (χ3n) is 7.44. The molecule has 8 atom stereocenters. The second kappa shape index (κ2) is 9.69. The van der Waals surface area contributed by atoms with Crippen molar-refractivity contribution < 1.29 is 33.3 Å². The van der Waals surface area contributed by atoms with E-state index in [1.165, 1.54) is 12.7 Å². The van der Waals surface area contributed by atoms with Crippen molar-refractivity contribution in [2.45, 2.75) is 95.9 Å². The number of allylic oxidation sites excluding steroid dienone is 1. The van der Waals surface area contributed by atoms with Crippen LogP contribution in [0.5, 0.6) is 0 Å². The predicted molar refractivity (Wildman–Crippen MR) is 118 cm³/mol. The Balaban J connectivity index is 1.71. The minimum Gasteiger partial charge on any atom is -0.467 e. The van der Waals surface area contributed by atoms with E-state index in [0.717, 1.165) is 19.3 Å². The van der Waals surface area contributed by atoms with Crippen LogP contribution >= 0.6 is 0 Å². The fourth-order valence-corrected chi connectivity index (χ4v) is 5.16. The monoisotopic (exact) mass is 453 g/mol. The average molecular weight is 454 g/mol.